The highest BCUT2D eigenvalue weighted by Gasteiger charge is 2.11. The summed E-state index contributed by atoms with van der Waals surface area (Å²) in [5, 5.41) is 3.25. The Bertz CT molecular complexity index is 513. The number of hydrogen-bond donors (Lipinski definition) is 1. The molecule has 0 amide bonds. The fourth-order valence-corrected chi connectivity index (χ4v) is 2.32. The molecular weight excluding hydrogens is 255 g/mol. The van der Waals surface area contributed by atoms with Crippen molar-refractivity contribution in [1.82, 2.24) is 10.2 Å². The van der Waals surface area contributed by atoms with E-state index in [1.165, 1.54) is 11.6 Å². The van der Waals surface area contributed by atoms with E-state index in [2.05, 4.69) is 17.3 Å². The molecule has 0 bridgehead atoms. The number of halogens is 1. The van der Waals surface area contributed by atoms with Gasteiger partial charge in [0.25, 0.3) is 0 Å². The van der Waals surface area contributed by atoms with E-state index < -0.39 is 0 Å². The van der Waals surface area contributed by atoms with Crippen LogP contribution in [0.2, 0.25) is 0 Å². The van der Waals surface area contributed by atoms with E-state index in [0.29, 0.717) is 0 Å². The first kappa shape index (κ1) is 14.8. The number of benzene rings is 1. The van der Waals surface area contributed by atoms with Gasteiger partial charge in [-0.2, -0.15) is 0 Å². The van der Waals surface area contributed by atoms with Gasteiger partial charge >= 0.3 is 0 Å². The maximum Gasteiger partial charge on any atom is 0.123 e. The minimum atomic E-state index is -0.186. The van der Waals surface area contributed by atoms with Gasteiger partial charge in [0, 0.05) is 18.2 Å². The minimum absolute atomic E-state index is 0.164. The van der Waals surface area contributed by atoms with Crippen molar-refractivity contribution in [3.63, 3.8) is 0 Å². The number of furan rings is 1. The third-order valence-electron chi connectivity index (χ3n) is 3.43. The Balaban J connectivity index is 1.87. The molecule has 0 aliphatic rings. The molecule has 1 atom stereocenters. The van der Waals surface area contributed by atoms with Crippen LogP contribution < -0.4 is 5.32 Å². The van der Waals surface area contributed by atoms with Gasteiger partial charge < -0.3 is 14.6 Å². The normalized spacial score (nSPS) is 12.8. The molecule has 1 unspecified atom stereocenters. The van der Waals surface area contributed by atoms with Crippen molar-refractivity contribution >= 4 is 0 Å². The smallest absolute Gasteiger partial charge is 0.123 e. The lowest BCUT2D eigenvalue weighted by Crippen LogP contribution is -2.25. The van der Waals surface area contributed by atoms with Gasteiger partial charge in [0.1, 0.15) is 5.82 Å². The van der Waals surface area contributed by atoms with Crippen molar-refractivity contribution in [2.45, 2.75) is 19.0 Å². The van der Waals surface area contributed by atoms with Gasteiger partial charge in [0.15, 0.2) is 0 Å². The first-order valence-corrected chi connectivity index (χ1v) is 6.81. The molecule has 0 saturated heterocycles. The maximum absolute atomic E-state index is 13.3. The van der Waals surface area contributed by atoms with E-state index in [1.807, 2.05) is 19.2 Å². The molecule has 0 aliphatic carbocycles. The van der Waals surface area contributed by atoms with Gasteiger partial charge in [-0.3, -0.25) is 0 Å². The number of nitrogens with one attached hydrogen (secondary N) is 1. The molecule has 3 nitrogen and oxygen atoms in total. The summed E-state index contributed by atoms with van der Waals surface area (Å²) >= 11 is 0. The molecule has 2 aromatic rings. The second-order valence-corrected chi connectivity index (χ2v) is 5.05. The molecule has 0 aliphatic heterocycles. The summed E-state index contributed by atoms with van der Waals surface area (Å²) < 4.78 is 18.3. The maximum atomic E-state index is 13.3. The highest BCUT2D eigenvalue weighted by Crippen LogP contribution is 2.18. The molecule has 0 saturated carbocycles. The van der Waals surface area contributed by atoms with Gasteiger partial charge in [0.05, 0.1) is 12.5 Å². The predicted molar refractivity (Wildman–Crippen MR) is 77.9 cm³/mol. The molecule has 0 spiro atoms. The highest BCUT2D eigenvalue weighted by molar-refractivity contribution is 5.20. The van der Waals surface area contributed by atoms with E-state index in [9.17, 15) is 4.39 Å². The lowest BCUT2D eigenvalue weighted by atomic mass is 10.0. The molecule has 1 N–H and O–H groups in total. The summed E-state index contributed by atoms with van der Waals surface area (Å²) in [5.41, 5.74) is 2.16. The van der Waals surface area contributed by atoms with Crippen molar-refractivity contribution in [2.24, 2.45) is 0 Å². The molecule has 2 rings (SSSR count). The fraction of sp³-hybridized carbons (Fsp3) is 0.375. The Labute approximate surface area is 119 Å². The van der Waals surface area contributed by atoms with Crippen molar-refractivity contribution in [1.29, 1.82) is 0 Å². The van der Waals surface area contributed by atoms with Crippen LogP contribution in [0.4, 0.5) is 4.39 Å². The number of rotatable bonds is 7. The molecular formula is C16H21FN2O. The summed E-state index contributed by atoms with van der Waals surface area (Å²) in [5.74, 6) is -0.186. The van der Waals surface area contributed by atoms with Crippen LogP contribution in [0.15, 0.2) is 47.3 Å². The zero-order valence-corrected chi connectivity index (χ0v) is 12.0. The first-order valence-electron chi connectivity index (χ1n) is 6.81. The van der Waals surface area contributed by atoms with Gasteiger partial charge in [-0.05, 0) is 50.8 Å². The molecule has 1 aromatic carbocycles. The third kappa shape index (κ3) is 4.18. The summed E-state index contributed by atoms with van der Waals surface area (Å²) in [6.45, 7) is 1.78. The second kappa shape index (κ2) is 7.22. The average Bonchev–Trinajstić information content (AvgIpc) is 2.92. The van der Waals surface area contributed by atoms with Crippen LogP contribution in [0.1, 0.15) is 23.6 Å². The Kier molecular flexibility index (Phi) is 5.32. The molecule has 0 radical (unpaired) electrons. The van der Waals surface area contributed by atoms with Crippen LogP contribution in [0.5, 0.6) is 0 Å². The summed E-state index contributed by atoms with van der Waals surface area (Å²) in [7, 11) is 3.98. The zero-order chi connectivity index (χ0) is 14.4. The van der Waals surface area contributed by atoms with Crippen molar-refractivity contribution in [3.05, 3.63) is 59.8 Å². The van der Waals surface area contributed by atoms with Crippen LogP contribution in [-0.4, -0.2) is 25.5 Å². The summed E-state index contributed by atoms with van der Waals surface area (Å²) in [6, 6.07) is 8.92. The van der Waals surface area contributed by atoms with Crippen LogP contribution in [-0.2, 0) is 6.54 Å². The van der Waals surface area contributed by atoms with Crippen LogP contribution in [0.3, 0.4) is 0 Å². The Morgan fingerprint density at radius 2 is 2.20 bits per heavy atom. The highest BCUT2D eigenvalue weighted by atomic mass is 19.1. The van der Waals surface area contributed by atoms with Gasteiger partial charge in [-0.15, -0.1) is 0 Å². The molecule has 20 heavy (non-hydrogen) atoms. The van der Waals surface area contributed by atoms with E-state index in [1.54, 1.807) is 24.7 Å². The number of nitrogens with zero attached hydrogens (tertiary/aromatic N) is 1. The van der Waals surface area contributed by atoms with Crippen LogP contribution in [0, 0.1) is 5.82 Å². The lowest BCUT2D eigenvalue weighted by molar-refractivity contribution is 0.303. The Hall–Kier alpha value is -1.65. The van der Waals surface area contributed by atoms with E-state index >= 15 is 0 Å². The van der Waals surface area contributed by atoms with Gasteiger partial charge in [-0.25, -0.2) is 4.39 Å². The zero-order valence-electron chi connectivity index (χ0n) is 12.0. The third-order valence-corrected chi connectivity index (χ3v) is 3.43. The molecule has 0 fully saturated rings. The van der Waals surface area contributed by atoms with Crippen LogP contribution >= 0.6 is 0 Å². The van der Waals surface area contributed by atoms with Crippen molar-refractivity contribution in [2.75, 3.05) is 20.6 Å². The molecule has 108 valence electrons. The summed E-state index contributed by atoms with van der Waals surface area (Å²) in [4.78, 5) is 2.23. The monoisotopic (exact) mass is 276 g/mol. The Morgan fingerprint density at radius 3 is 2.85 bits per heavy atom. The van der Waals surface area contributed by atoms with Crippen molar-refractivity contribution < 1.29 is 8.81 Å². The van der Waals surface area contributed by atoms with Crippen molar-refractivity contribution in [3.8, 4) is 0 Å². The van der Waals surface area contributed by atoms with Gasteiger partial charge in [0.2, 0.25) is 0 Å². The summed E-state index contributed by atoms with van der Waals surface area (Å²) in [6.07, 6.45) is 4.37. The van der Waals surface area contributed by atoms with Gasteiger partial charge in [-0.1, -0.05) is 12.1 Å². The standard InChI is InChI=1S/C16H21FN2O/c1-18-16(14-4-3-5-15(17)10-14)6-8-19(2)11-13-7-9-20-12-13/h3-5,7,9-10,12,16,18H,6,8,11H2,1-2H3. The van der Waals surface area contributed by atoms with E-state index in [-0.39, 0.29) is 11.9 Å². The SMILES string of the molecule is CNC(CCN(C)Cc1ccoc1)c1cccc(F)c1. The lowest BCUT2D eigenvalue weighted by Gasteiger charge is -2.21. The largest absolute Gasteiger partial charge is 0.472 e. The second-order valence-electron chi connectivity index (χ2n) is 5.05. The molecule has 1 aromatic heterocycles. The van der Waals surface area contributed by atoms with E-state index in [4.69, 9.17) is 4.42 Å². The minimum Gasteiger partial charge on any atom is -0.472 e. The fourth-order valence-electron chi connectivity index (χ4n) is 2.32. The average molecular weight is 276 g/mol. The quantitative estimate of drug-likeness (QED) is 0.842. The number of hydrogen-bond acceptors (Lipinski definition) is 3. The molecule has 1 heterocycles. The molecule has 4 heteroatoms. The topological polar surface area (TPSA) is 28.4 Å². The van der Waals surface area contributed by atoms with Crippen LogP contribution in [0.25, 0.3) is 0 Å². The van der Waals surface area contributed by atoms with E-state index in [0.717, 1.165) is 25.1 Å². The Morgan fingerprint density at radius 1 is 1.35 bits per heavy atom. The first-order chi connectivity index (χ1) is 9.69. The predicted octanol–water partition coefficient (Wildman–Crippen LogP) is 3.20.